The van der Waals surface area contributed by atoms with Gasteiger partial charge in [0.25, 0.3) is 6.43 Å². The first-order valence-electron chi connectivity index (χ1n) is 5.92. The average molecular weight is 300 g/mol. The van der Waals surface area contributed by atoms with Crippen molar-refractivity contribution >= 4 is 18.0 Å². The molecule has 9 heteroatoms. The van der Waals surface area contributed by atoms with Crippen LogP contribution in [-0.2, 0) is 6.54 Å². The number of halogens is 2. The number of thioether (sulfide) groups is 1. The Morgan fingerprint density at radius 1 is 1.45 bits per heavy atom. The maximum atomic E-state index is 12.8. The zero-order valence-corrected chi connectivity index (χ0v) is 12.1. The maximum Gasteiger partial charge on any atom is 0.299 e. The summed E-state index contributed by atoms with van der Waals surface area (Å²) in [4.78, 5) is 0. The molecule has 0 fully saturated rings. The van der Waals surface area contributed by atoms with Crippen molar-refractivity contribution in [2.75, 3.05) is 6.26 Å². The summed E-state index contributed by atoms with van der Waals surface area (Å²) >= 11 is 1.20. The molecule has 0 spiro atoms. The molecule has 0 amide bonds. The number of hydrogen-bond donors (Lipinski definition) is 0. The second-order valence-electron chi connectivity index (χ2n) is 3.90. The van der Waals surface area contributed by atoms with Crippen LogP contribution >= 0.6 is 11.8 Å². The fraction of sp³-hybridized carbons (Fsp3) is 0.455. The van der Waals surface area contributed by atoms with Gasteiger partial charge in [0.2, 0.25) is 11.0 Å². The average Bonchev–Trinajstić information content (AvgIpc) is 2.99. The van der Waals surface area contributed by atoms with Crippen molar-refractivity contribution in [2.24, 2.45) is 5.10 Å². The number of aryl methyl sites for hydroxylation is 1. The molecule has 0 aliphatic rings. The molecular weight excluding hydrogens is 286 g/mol. The minimum absolute atomic E-state index is 0.317. The highest BCUT2D eigenvalue weighted by Gasteiger charge is 2.19. The Balaban J connectivity index is 2.35. The summed E-state index contributed by atoms with van der Waals surface area (Å²) in [5, 5.41) is 15.7. The van der Waals surface area contributed by atoms with E-state index in [-0.39, 0.29) is 0 Å². The lowest BCUT2D eigenvalue weighted by Gasteiger charge is -2.01. The predicted octanol–water partition coefficient (Wildman–Crippen LogP) is 2.34. The van der Waals surface area contributed by atoms with E-state index < -0.39 is 12.2 Å². The maximum absolute atomic E-state index is 12.8. The van der Waals surface area contributed by atoms with Gasteiger partial charge in [-0.3, -0.25) is 4.68 Å². The fourth-order valence-electron chi connectivity index (χ4n) is 1.68. The van der Waals surface area contributed by atoms with E-state index in [4.69, 9.17) is 0 Å². The predicted molar refractivity (Wildman–Crippen MR) is 72.4 cm³/mol. The molecule has 0 bridgehead atoms. The zero-order valence-electron chi connectivity index (χ0n) is 11.3. The molecule has 2 rings (SSSR count). The molecule has 0 atom stereocenters. The quantitative estimate of drug-likeness (QED) is 0.628. The Kier molecular flexibility index (Phi) is 4.48. The molecule has 108 valence electrons. The van der Waals surface area contributed by atoms with Crippen LogP contribution in [0.25, 0.3) is 0 Å². The van der Waals surface area contributed by atoms with Gasteiger partial charge in [-0.2, -0.15) is 14.9 Å². The molecule has 2 aromatic rings. The molecule has 0 aliphatic carbocycles. The van der Waals surface area contributed by atoms with Crippen molar-refractivity contribution < 1.29 is 8.78 Å². The standard InChI is InChI=1S/C11H14F2N6S/c1-4-18-7(2)8(5-14-18)6-15-19-10(9(12)13)16-17-11(19)20-3/h5-6,9H,4H2,1-3H3. The molecule has 20 heavy (non-hydrogen) atoms. The van der Waals surface area contributed by atoms with Gasteiger partial charge in [-0.15, -0.1) is 10.2 Å². The van der Waals surface area contributed by atoms with Crippen LogP contribution in [0.15, 0.2) is 16.5 Å². The number of hydrogen-bond acceptors (Lipinski definition) is 5. The monoisotopic (exact) mass is 300 g/mol. The number of rotatable bonds is 5. The van der Waals surface area contributed by atoms with Crippen molar-refractivity contribution in [1.82, 2.24) is 24.7 Å². The van der Waals surface area contributed by atoms with Gasteiger partial charge in [-0.25, -0.2) is 8.78 Å². The number of nitrogens with zero attached hydrogens (tertiary/aromatic N) is 6. The second kappa shape index (κ2) is 6.12. The first kappa shape index (κ1) is 14.6. The van der Waals surface area contributed by atoms with Crippen LogP contribution in [0.2, 0.25) is 0 Å². The molecule has 0 unspecified atom stereocenters. The molecule has 0 saturated carbocycles. The van der Waals surface area contributed by atoms with E-state index in [0.717, 1.165) is 22.5 Å². The second-order valence-corrected chi connectivity index (χ2v) is 4.68. The third-order valence-corrected chi connectivity index (χ3v) is 3.39. The van der Waals surface area contributed by atoms with E-state index in [1.807, 2.05) is 13.8 Å². The molecular formula is C11H14F2N6S. The van der Waals surface area contributed by atoms with Crippen molar-refractivity contribution in [3.05, 3.63) is 23.3 Å². The lowest BCUT2D eigenvalue weighted by atomic mass is 10.3. The van der Waals surface area contributed by atoms with Gasteiger partial charge in [0.15, 0.2) is 0 Å². The summed E-state index contributed by atoms with van der Waals surface area (Å²) in [5.74, 6) is -0.467. The van der Waals surface area contributed by atoms with Gasteiger partial charge in [-0.1, -0.05) is 11.8 Å². The summed E-state index contributed by atoms with van der Waals surface area (Å²) in [7, 11) is 0. The number of alkyl halides is 2. The Hall–Kier alpha value is -1.77. The van der Waals surface area contributed by atoms with Gasteiger partial charge in [0.1, 0.15) is 0 Å². The van der Waals surface area contributed by atoms with E-state index in [9.17, 15) is 8.78 Å². The van der Waals surface area contributed by atoms with Crippen LogP contribution in [0, 0.1) is 6.92 Å². The summed E-state index contributed by atoms with van der Waals surface area (Å²) in [6.45, 7) is 4.61. The lowest BCUT2D eigenvalue weighted by Crippen LogP contribution is -2.02. The van der Waals surface area contributed by atoms with Gasteiger partial charge in [0.05, 0.1) is 12.4 Å². The smallest absolute Gasteiger partial charge is 0.269 e. The molecule has 2 aromatic heterocycles. The first-order chi connectivity index (χ1) is 9.58. The highest BCUT2D eigenvalue weighted by molar-refractivity contribution is 7.98. The molecule has 2 heterocycles. The van der Waals surface area contributed by atoms with Gasteiger partial charge in [-0.05, 0) is 20.1 Å². The van der Waals surface area contributed by atoms with E-state index in [1.54, 1.807) is 17.1 Å². The summed E-state index contributed by atoms with van der Waals surface area (Å²) in [6.07, 6.45) is 2.14. The summed E-state index contributed by atoms with van der Waals surface area (Å²) in [6, 6.07) is 0. The first-order valence-corrected chi connectivity index (χ1v) is 7.15. The van der Waals surface area contributed by atoms with Crippen molar-refractivity contribution in [3.8, 4) is 0 Å². The Morgan fingerprint density at radius 2 is 2.20 bits per heavy atom. The van der Waals surface area contributed by atoms with Gasteiger partial charge >= 0.3 is 0 Å². The van der Waals surface area contributed by atoms with Crippen molar-refractivity contribution in [2.45, 2.75) is 32.0 Å². The largest absolute Gasteiger partial charge is 0.299 e. The molecule has 0 N–H and O–H groups in total. The third-order valence-electron chi connectivity index (χ3n) is 2.77. The SMILES string of the molecule is CCn1ncc(C=Nn2c(SC)nnc2C(F)F)c1C. The van der Waals surface area contributed by atoms with Crippen LogP contribution in [0.1, 0.15) is 30.4 Å². The summed E-state index contributed by atoms with van der Waals surface area (Å²) < 4.78 is 28.5. The van der Waals surface area contributed by atoms with Crippen LogP contribution in [0.4, 0.5) is 8.78 Å². The minimum atomic E-state index is -2.72. The van der Waals surface area contributed by atoms with Crippen molar-refractivity contribution in [3.63, 3.8) is 0 Å². The Bertz CT molecular complexity index is 618. The highest BCUT2D eigenvalue weighted by atomic mass is 32.2. The van der Waals surface area contributed by atoms with Crippen LogP contribution in [0.3, 0.4) is 0 Å². The third kappa shape index (κ3) is 2.72. The zero-order chi connectivity index (χ0) is 14.7. The van der Waals surface area contributed by atoms with Crippen LogP contribution in [-0.4, -0.2) is 37.1 Å². The van der Waals surface area contributed by atoms with E-state index in [0.29, 0.717) is 5.16 Å². The van der Waals surface area contributed by atoms with Crippen LogP contribution in [0.5, 0.6) is 0 Å². The van der Waals surface area contributed by atoms with Crippen molar-refractivity contribution in [1.29, 1.82) is 0 Å². The Morgan fingerprint density at radius 3 is 2.75 bits per heavy atom. The topological polar surface area (TPSA) is 60.9 Å². The Labute approximate surface area is 118 Å². The van der Waals surface area contributed by atoms with E-state index in [1.165, 1.54) is 18.0 Å². The number of aromatic nitrogens is 5. The fourth-order valence-corrected chi connectivity index (χ4v) is 2.11. The molecule has 0 aromatic carbocycles. The highest BCUT2D eigenvalue weighted by Crippen LogP contribution is 2.21. The van der Waals surface area contributed by atoms with Gasteiger partial charge in [0, 0.05) is 17.8 Å². The molecule has 0 radical (unpaired) electrons. The minimum Gasteiger partial charge on any atom is -0.269 e. The molecule has 0 aliphatic heterocycles. The van der Waals surface area contributed by atoms with E-state index in [2.05, 4.69) is 20.4 Å². The molecule has 6 nitrogen and oxygen atoms in total. The van der Waals surface area contributed by atoms with Gasteiger partial charge < -0.3 is 0 Å². The van der Waals surface area contributed by atoms with E-state index >= 15 is 0 Å². The van der Waals surface area contributed by atoms with Crippen LogP contribution < -0.4 is 0 Å². The molecule has 0 saturated heterocycles. The lowest BCUT2D eigenvalue weighted by molar-refractivity contribution is 0.135. The normalized spacial score (nSPS) is 11.9. The summed E-state index contributed by atoms with van der Waals surface area (Å²) in [5.41, 5.74) is 1.70.